The molecular formula is C29H38N2O8S. The number of hydrogen-bond donors (Lipinski definition) is 2. The van der Waals surface area contributed by atoms with E-state index < -0.39 is 48.3 Å². The van der Waals surface area contributed by atoms with Crippen molar-refractivity contribution in [3.63, 3.8) is 0 Å². The normalized spacial score (nSPS) is 25.9. The first-order valence-electron chi connectivity index (χ1n) is 13.5. The molecule has 10 nitrogen and oxygen atoms in total. The third kappa shape index (κ3) is 8.26. The van der Waals surface area contributed by atoms with Gasteiger partial charge in [-0.15, -0.1) is 11.8 Å². The van der Waals surface area contributed by atoms with E-state index in [4.69, 9.17) is 28.4 Å². The molecule has 6 atom stereocenters. The Morgan fingerprint density at radius 3 is 2.38 bits per heavy atom. The van der Waals surface area contributed by atoms with Gasteiger partial charge in [-0.2, -0.15) is 0 Å². The highest BCUT2D eigenvalue weighted by atomic mass is 32.2. The van der Waals surface area contributed by atoms with Gasteiger partial charge in [-0.25, -0.2) is 9.59 Å². The van der Waals surface area contributed by atoms with Crippen LogP contribution in [0.2, 0.25) is 0 Å². The SMILES string of the molecule is CCS[C@@H]1O[C@@H]2COC(Cc3ccc(OC)cc3)O[C@H]2[C@H](OC(=O)NC(C)C)[C@H]1OC(=O)NCc1ccccc1. The zero-order valence-electron chi connectivity index (χ0n) is 23.2. The number of benzene rings is 2. The van der Waals surface area contributed by atoms with Crippen LogP contribution in [0.4, 0.5) is 9.59 Å². The van der Waals surface area contributed by atoms with Gasteiger partial charge in [-0.3, -0.25) is 0 Å². The van der Waals surface area contributed by atoms with Crippen molar-refractivity contribution in [3.8, 4) is 5.75 Å². The Labute approximate surface area is 239 Å². The summed E-state index contributed by atoms with van der Waals surface area (Å²) in [6.45, 7) is 6.19. The van der Waals surface area contributed by atoms with Crippen molar-refractivity contribution >= 4 is 23.9 Å². The molecule has 2 N–H and O–H groups in total. The van der Waals surface area contributed by atoms with Gasteiger partial charge in [0.15, 0.2) is 18.5 Å². The fourth-order valence-electron chi connectivity index (χ4n) is 4.54. The predicted octanol–water partition coefficient (Wildman–Crippen LogP) is 4.26. The lowest BCUT2D eigenvalue weighted by Gasteiger charge is -2.48. The third-order valence-electron chi connectivity index (χ3n) is 6.41. The zero-order valence-corrected chi connectivity index (χ0v) is 24.1. The monoisotopic (exact) mass is 574 g/mol. The second-order valence-electron chi connectivity index (χ2n) is 9.79. The number of nitrogens with one attached hydrogen (secondary N) is 2. The van der Waals surface area contributed by atoms with E-state index in [0.717, 1.165) is 16.9 Å². The maximum atomic E-state index is 12.9. The fourth-order valence-corrected chi connectivity index (χ4v) is 5.49. The van der Waals surface area contributed by atoms with Gasteiger partial charge in [0.2, 0.25) is 0 Å². The lowest BCUT2D eigenvalue weighted by molar-refractivity contribution is -0.312. The molecule has 0 aliphatic carbocycles. The molecule has 2 saturated heterocycles. The van der Waals surface area contributed by atoms with E-state index in [1.807, 2.05) is 75.4 Å². The van der Waals surface area contributed by atoms with Gasteiger partial charge in [-0.05, 0) is 42.9 Å². The topological polar surface area (TPSA) is 114 Å². The number of rotatable bonds is 10. The van der Waals surface area contributed by atoms with Crippen molar-refractivity contribution in [2.24, 2.45) is 0 Å². The summed E-state index contributed by atoms with van der Waals surface area (Å²) in [6, 6.07) is 17.0. The molecule has 11 heteroatoms. The molecule has 218 valence electrons. The molecule has 40 heavy (non-hydrogen) atoms. The highest BCUT2D eigenvalue weighted by molar-refractivity contribution is 7.99. The van der Waals surface area contributed by atoms with E-state index in [1.54, 1.807) is 7.11 Å². The smallest absolute Gasteiger partial charge is 0.407 e. The van der Waals surface area contributed by atoms with Crippen molar-refractivity contribution in [2.45, 2.75) is 75.9 Å². The molecule has 4 rings (SSSR count). The molecule has 2 aliphatic rings. The fraction of sp³-hybridized carbons (Fsp3) is 0.517. The van der Waals surface area contributed by atoms with Crippen LogP contribution >= 0.6 is 11.8 Å². The van der Waals surface area contributed by atoms with Crippen LogP contribution in [0, 0.1) is 0 Å². The van der Waals surface area contributed by atoms with Crippen LogP contribution in [-0.2, 0) is 36.6 Å². The number of thioether (sulfide) groups is 1. The van der Waals surface area contributed by atoms with Crippen LogP contribution < -0.4 is 15.4 Å². The first-order chi connectivity index (χ1) is 19.4. The summed E-state index contributed by atoms with van der Waals surface area (Å²) in [7, 11) is 1.62. The van der Waals surface area contributed by atoms with Crippen LogP contribution in [0.1, 0.15) is 31.9 Å². The standard InChI is InChI=1S/C29H38N2O8S/c1-5-40-27-26(39-28(32)30-16-20-9-7-6-8-10-20)25(38-29(33)31-18(2)3)24-22(36-27)17-35-23(37-24)15-19-11-13-21(34-4)14-12-19/h6-14,18,22-27H,5,15-17H2,1-4H3,(H,30,32)(H,31,33)/t22-,23?,24-,25+,26-,27+/m1/s1. The number of hydrogen-bond acceptors (Lipinski definition) is 9. The number of fused-ring (bicyclic) bond motifs is 1. The number of ether oxygens (including phenoxy) is 6. The molecule has 2 aromatic rings. The lowest BCUT2D eigenvalue weighted by Crippen LogP contribution is -2.65. The number of alkyl carbamates (subject to hydrolysis) is 2. The van der Waals surface area contributed by atoms with E-state index in [1.165, 1.54) is 11.8 Å². The quantitative estimate of drug-likeness (QED) is 0.430. The minimum Gasteiger partial charge on any atom is -0.497 e. The molecule has 1 unspecified atom stereocenters. The van der Waals surface area contributed by atoms with E-state index in [9.17, 15) is 9.59 Å². The molecule has 2 aromatic carbocycles. The van der Waals surface area contributed by atoms with Gasteiger partial charge in [0.05, 0.1) is 13.7 Å². The van der Waals surface area contributed by atoms with Crippen LogP contribution in [-0.4, -0.2) is 73.8 Å². The number of carbonyl (C=O) groups is 2. The Bertz CT molecular complexity index is 1090. The minimum atomic E-state index is -0.925. The van der Waals surface area contributed by atoms with Crippen molar-refractivity contribution in [1.29, 1.82) is 0 Å². The van der Waals surface area contributed by atoms with Crippen molar-refractivity contribution < 1.29 is 38.0 Å². The largest absolute Gasteiger partial charge is 0.497 e. The number of methoxy groups -OCH3 is 1. The van der Waals surface area contributed by atoms with Crippen LogP contribution in [0.25, 0.3) is 0 Å². The molecule has 0 bridgehead atoms. The molecule has 2 heterocycles. The van der Waals surface area contributed by atoms with Crippen molar-refractivity contribution in [3.05, 3.63) is 65.7 Å². The molecule has 2 aliphatic heterocycles. The van der Waals surface area contributed by atoms with Crippen LogP contribution in [0.15, 0.2) is 54.6 Å². The maximum absolute atomic E-state index is 12.9. The molecule has 0 spiro atoms. The average molecular weight is 575 g/mol. The third-order valence-corrected chi connectivity index (χ3v) is 7.45. The van der Waals surface area contributed by atoms with Gasteiger partial charge in [0.1, 0.15) is 23.4 Å². The Hall–Kier alpha value is -2.99. The van der Waals surface area contributed by atoms with Crippen molar-refractivity contribution in [1.82, 2.24) is 10.6 Å². The van der Waals surface area contributed by atoms with Gasteiger partial charge >= 0.3 is 12.2 Å². The Morgan fingerprint density at radius 2 is 1.70 bits per heavy atom. The summed E-state index contributed by atoms with van der Waals surface area (Å²) >= 11 is 1.46. The highest BCUT2D eigenvalue weighted by Gasteiger charge is 2.53. The molecular weight excluding hydrogens is 536 g/mol. The molecule has 2 fully saturated rings. The van der Waals surface area contributed by atoms with Gasteiger partial charge < -0.3 is 39.1 Å². The first kappa shape index (κ1) is 30.0. The van der Waals surface area contributed by atoms with Gasteiger partial charge in [0, 0.05) is 19.0 Å². The van der Waals surface area contributed by atoms with E-state index >= 15 is 0 Å². The molecule has 0 aromatic heterocycles. The molecule has 0 radical (unpaired) electrons. The highest BCUT2D eigenvalue weighted by Crippen LogP contribution is 2.37. The summed E-state index contributed by atoms with van der Waals surface area (Å²) in [6.07, 6.45) is -4.48. The maximum Gasteiger partial charge on any atom is 0.407 e. The van der Waals surface area contributed by atoms with E-state index in [2.05, 4.69) is 10.6 Å². The van der Waals surface area contributed by atoms with Crippen molar-refractivity contribution in [2.75, 3.05) is 19.5 Å². The minimum absolute atomic E-state index is 0.143. The van der Waals surface area contributed by atoms with Gasteiger partial charge in [0.25, 0.3) is 0 Å². The molecule has 2 amide bonds. The second-order valence-corrected chi connectivity index (χ2v) is 11.2. The van der Waals surface area contributed by atoms with E-state index in [-0.39, 0.29) is 12.6 Å². The van der Waals surface area contributed by atoms with Crippen LogP contribution in [0.3, 0.4) is 0 Å². The molecule has 0 saturated carbocycles. The Morgan fingerprint density at radius 1 is 0.975 bits per heavy atom. The Kier molecular flexibility index (Phi) is 10.9. The lowest BCUT2D eigenvalue weighted by atomic mass is 9.98. The zero-order chi connectivity index (χ0) is 28.5. The number of carbonyl (C=O) groups excluding carboxylic acids is 2. The van der Waals surface area contributed by atoms with Gasteiger partial charge in [-0.1, -0.05) is 49.4 Å². The number of amides is 2. The summed E-state index contributed by atoms with van der Waals surface area (Å²) in [5, 5.41) is 5.53. The summed E-state index contributed by atoms with van der Waals surface area (Å²) in [4.78, 5) is 25.7. The Balaban J connectivity index is 1.51. The summed E-state index contributed by atoms with van der Waals surface area (Å²) in [5.74, 6) is 1.45. The summed E-state index contributed by atoms with van der Waals surface area (Å²) < 4.78 is 35.7. The summed E-state index contributed by atoms with van der Waals surface area (Å²) in [5.41, 5.74) is 1.33. The predicted molar refractivity (Wildman–Crippen MR) is 150 cm³/mol. The van der Waals surface area contributed by atoms with Crippen LogP contribution in [0.5, 0.6) is 5.75 Å². The average Bonchev–Trinajstić information content (AvgIpc) is 2.94. The second kappa shape index (κ2) is 14.6. The first-order valence-corrected chi connectivity index (χ1v) is 14.5. The van der Waals surface area contributed by atoms with E-state index in [0.29, 0.717) is 18.7 Å².